The molecule has 0 saturated carbocycles. The minimum atomic E-state index is -0.0781. The van der Waals surface area contributed by atoms with E-state index in [0.29, 0.717) is 18.0 Å². The van der Waals surface area contributed by atoms with Gasteiger partial charge in [-0.25, -0.2) is 0 Å². The van der Waals surface area contributed by atoms with Crippen molar-refractivity contribution in [2.75, 3.05) is 20.8 Å². The van der Waals surface area contributed by atoms with Crippen LogP contribution in [0.5, 0.6) is 11.5 Å². The van der Waals surface area contributed by atoms with Crippen molar-refractivity contribution in [3.63, 3.8) is 0 Å². The first-order chi connectivity index (χ1) is 12.1. The maximum Gasteiger partial charge on any atom is 0.232 e. The molecule has 0 bridgehead atoms. The van der Waals surface area contributed by atoms with Gasteiger partial charge in [0.2, 0.25) is 5.91 Å². The number of thioether (sulfide) groups is 1. The summed E-state index contributed by atoms with van der Waals surface area (Å²) in [6.45, 7) is 2.55. The van der Waals surface area contributed by atoms with Gasteiger partial charge in [-0.2, -0.15) is 0 Å². The first kappa shape index (κ1) is 19.2. The lowest BCUT2D eigenvalue weighted by Gasteiger charge is -2.13. The number of hydrogen-bond donors (Lipinski definition) is 1. The Hall–Kier alpha value is -2.14. The first-order valence-electron chi connectivity index (χ1n) is 8.28. The van der Waals surface area contributed by atoms with E-state index in [1.54, 1.807) is 26.0 Å². The Balaban J connectivity index is 1.76. The van der Waals surface area contributed by atoms with Crippen molar-refractivity contribution in [2.24, 2.45) is 0 Å². The number of nitrogens with one attached hydrogen (secondary N) is 1. The highest BCUT2D eigenvalue weighted by molar-refractivity contribution is 7.99. The van der Waals surface area contributed by atoms with Crippen LogP contribution in [0.15, 0.2) is 48.5 Å². The van der Waals surface area contributed by atoms with Crippen molar-refractivity contribution < 1.29 is 14.3 Å². The summed E-state index contributed by atoms with van der Waals surface area (Å²) >= 11 is 1.65. The van der Waals surface area contributed by atoms with Crippen LogP contribution in [-0.4, -0.2) is 31.9 Å². The zero-order valence-corrected chi connectivity index (χ0v) is 15.8. The molecule has 5 heteroatoms. The summed E-state index contributed by atoms with van der Waals surface area (Å²) in [5.74, 6) is 2.33. The molecule has 4 nitrogen and oxygen atoms in total. The SMILES string of the molecule is COc1ccc(CCNC(=O)[C@@H](C)SCc2ccccc2)cc1OC. The summed E-state index contributed by atoms with van der Waals surface area (Å²) in [6, 6.07) is 16.0. The topological polar surface area (TPSA) is 47.6 Å². The summed E-state index contributed by atoms with van der Waals surface area (Å²) in [5.41, 5.74) is 2.33. The lowest BCUT2D eigenvalue weighted by molar-refractivity contribution is -0.120. The minimum absolute atomic E-state index is 0.0707. The van der Waals surface area contributed by atoms with Gasteiger partial charge in [0.25, 0.3) is 0 Å². The molecule has 1 atom stereocenters. The van der Waals surface area contributed by atoms with E-state index in [2.05, 4.69) is 17.4 Å². The van der Waals surface area contributed by atoms with E-state index in [0.717, 1.165) is 17.7 Å². The van der Waals surface area contributed by atoms with E-state index in [9.17, 15) is 4.79 Å². The van der Waals surface area contributed by atoms with E-state index >= 15 is 0 Å². The van der Waals surface area contributed by atoms with Crippen LogP contribution in [0.2, 0.25) is 0 Å². The highest BCUT2D eigenvalue weighted by atomic mass is 32.2. The van der Waals surface area contributed by atoms with Gasteiger partial charge in [0.1, 0.15) is 0 Å². The molecule has 0 spiro atoms. The normalized spacial score (nSPS) is 11.6. The predicted octanol–water partition coefficient (Wildman–Crippen LogP) is 3.68. The van der Waals surface area contributed by atoms with Gasteiger partial charge in [-0.1, -0.05) is 36.4 Å². The van der Waals surface area contributed by atoms with Crippen LogP contribution in [0.4, 0.5) is 0 Å². The zero-order chi connectivity index (χ0) is 18.1. The van der Waals surface area contributed by atoms with Gasteiger partial charge >= 0.3 is 0 Å². The lowest BCUT2D eigenvalue weighted by atomic mass is 10.1. The molecule has 0 aliphatic heterocycles. The molecule has 0 radical (unpaired) electrons. The van der Waals surface area contributed by atoms with Crippen molar-refractivity contribution in [3.05, 3.63) is 59.7 Å². The smallest absolute Gasteiger partial charge is 0.232 e. The summed E-state index contributed by atoms with van der Waals surface area (Å²) in [4.78, 5) is 12.2. The van der Waals surface area contributed by atoms with Crippen molar-refractivity contribution in [2.45, 2.75) is 24.3 Å². The first-order valence-corrected chi connectivity index (χ1v) is 9.33. The van der Waals surface area contributed by atoms with Gasteiger partial charge < -0.3 is 14.8 Å². The Morgan fingerprint density at radius 3 is 2.44 bits per heavy atom. The zero-order valence-electron chi connectivity index (χ0n) is 15.0. The van der Waals surface area contributed by atoms with E-state index < -0.39 is 0 Å². The molecule has 1 N–H and O–H groups in total. The molecule has 0 aliphatic carbocycles. The second-order valence-corrected chi connectivity index (χ2v) is 7.00. The number of methoxy groups -OCH3 is 2. The number of amides is 1. The van der Waals surface area contributed by atoms with E-state index in [4.69, 9.17) is 9.47 Å². The van der Waals surface area contributed by atoms with Gasteiger partial charge in [-0.3, -0.25) is 4.79 Å². The van der Waals surface area contributed by atoms with Crippen LogP contribution in [0.1, 0.15) is 18.1 Å². The monoisotopic (exact) mass is 359 g/mol. The van der Waals surface area contributed by atoms with Crippen molar-refractivity contribution in [1.82, 2.24) is 5.32 Å². The van der Waals surface area contributed by atoms with Crippen molar-refractivity contribution in [3.8, 4) is 11.5 Å². The number of hydrogen-bond acceptors (Lipinski definition) is 4. The molecule has 0 aromatic heterocycles. The third kappa shape index (κ3) is 6.02. The minimum Gasteiger partial charge on any atom is -0.493 e. The fourth-order valence-electron chi connectivity index (χ4n) is 2.38. The Bertz CT molecular complexity index is 676. The predicted molar refractivity (Wildman–Crippen MR) is 103 cm³/mol. The molecular weight excluding hydrogens is 334 g/mol. The fraction of sp³-hybridized carbons (Fsp3) is 0.350. The molecule has 0 heterocycles. The number of carbonyl (C=O) groups is 1. The average molecular weight is 359 g/mol. The van der Waals surface area contributed by atoms with Crippen LogP contribution in [0.25, 0.3) is 0 Å². The molecule has 0 unspecified atom stereocenters. The van der Waals surface area contributed by atoms with Crippen LogP contribution >= 0.6 is 11.8 Å². The third-order valence-corrected chi connectivity index (χ3v) is 5.09. The van der Waals surface area contributed by atoms with Gasteiger partial charge in [-0.15, -0.1) is 11.8 Å². The summed E-state index contributed by atoms with van der Waals surface area (Å²) in [6.07, 6.45) is 0.752. The van der Waals surface area contributed by atoms with Gasteiger partial charge in [0.05, 0.1) is 19.5 Å². The standard InChI is InChI=1S/C20H25NO3S/c1-15(25-14-17-7-5-4-6-8-17)20(22)21-12-11-16-9-10-18(23-2)19(13-16)24-3/h4-10,13,15H,11-12,14H2,1-3H3,(H,21,22)/t15-/m1/s1. The highest BCUT2D eigenvalue weighted by Crippen LogP contribution is 2.27. The Morgan fingerprint density at radius 1 is 1.04 bits per heavy atom. The second kappa shape index (κ2) is 9.99. The molecule has 2 rings (SSSR count). The van der Waals surface area contributed by atoms with Crippen molar-refractivity contribution in [1.29, 1.82) is 0 Å². The quantitative estimate of drug-likeness (QED) is 0.742. The van der Waals surface area contributed by atoms with E-state index in [-0.39, 0.29) is 11.2 Å². The molecule has 25 heavy (non-hydrogen) atoms. The molecule has 2 aromatic carbocycles. The molecule has 134 valence electrons. The fourth-order valence-corrected chi connectivity index (χ4v) is 3.25. The van der Waals surface area contributed by atoms with Crippen LogP contribution in [-0.2, 0) is 17.0 Å². The summed E-state index contributed by atoms with van der Waals surface area (Å²) in [7, 11) is 3.24. The molecule has 0 saturated heterocycles. The Labute approximate surface area is 153 Å². The molecule has 1 amide bonds. The maximum atomic E-state index is 12.2. The number of ether oxygens (including phenoxy) is 2. The number of carbonyl (C=O) groups excluding carboxylic acids is 1. The second-order valence-electron chi connectivity index (χ2n) is 5.67. The third-order valence-electron chi connectivity index (χ3n) is 3.87. The molecular formula is C20H25NO3S. The number of rotatable bonds is 9. The number of benzene rings is 2. The van der Waals surface area contributed by atoms with Gasteiger partial charge in [0.15, 0.2) is 11.5 Å². The van der Waals surface area contributed by atoms with Gasteiger partial charge in [0, 0.05) is 12.3 Å². The van der Waals surface area contributed by atoms with Crippen LogP contribution < -0.4 is 14.8 Å². The molecule has 2 aromatic rings. The summed E-state index contributed by atoms with van der Waals surface area (Å²) < 4.78 is 10.5. The molecule has 0 fully saturated rings. The molecule has 0 aliphatic rings. The van der Waals surface area contributed by atoms with E-state index in [1.807, 2.05) is 43.3 Å². The Kier molecular flexibility index (Phi) is 7.67. The lowest BCUT2D eigenvalue weighted by Crippen LogP contribution is -2.32. The average Bonchev–Trinajstić information content (AvgIpc) is 2.66. The van der Waals surface area contributed by atoms with Crippen LogP contribution in [0.3, 0.4) is 0 Å². The van der Waals surface area contributed by atoms with Gasteiger partial charge in [-0.05, 0) is 36.6 Å². The van der Waals surface area contributed by atoms with E-state index in [1.165, 1.54) is 5.56 Å². The van der Waals surface area contributed by atoms with Crippen LogP contribution in [0, 0.1) is 0 Å². The largest absolute Gasteiger partial charge is 0.493 e. The maximum absolute atomic E-state index is 12.2. The Morgan fingerprint density at radius 2 is 1.76 bits per heavy atom. The van der Waals surface area contributed by atoms with Crippen molar-refractivity contribution >= 4 is 17.7 Å². The highest BCUT2D eigenvalue weighted by Gasteiger charge is 2.13. The summed E-state index contributed by atoms with van der Waals surface area (Å²) in [5, 5.41) is 2.92.